The summed E-state index contributed by atoms with van der Waals surface area (Å²) < 4.78 is 0. The molecule has 29 heavy (non-hydrogen) atoms. The Hall–Kier alpha value is -1.67. The number of anilines is 2. The van der Waals surface area contributed by atoms with Crippen LogP contribution in [-0.4, -0.2) is 32.1 Å². The fourth-order valence-corrected chi connectivity index (χ4v) is 4.45. The molecule has 0 atom stereocenters. The molecule has 0 spiro atoms. The summed E-state index contributed by atoms with van der Waals surface area (Å²) in [5.41, 5.74) is 8.50. The highest BCUT2D eigenvalue weighted by atomic mass is 35.5. The van der Waals surface area contributed by atoms with E-state index in [9.17, 15) is 0 Å². The molecule has 0 aromatic heterocycles. The average molecular weight is 413 g/mol. The number of halogens is 1. The lowest BCUT2D eigenvalue weighted by atomic mass is 10.0. The molecule has 0 saturated carbocycles. The van der Waals surface area contributed by atoms with Gasteiger partial charge in [-0.25, -0.2) is 0 Å². The second kappa shape index (κ2) is 10.9. The highest BCUT2D eigenvalue weighted by Gasteiger charge is 2.21. The fourth-order valence-electron chi connectivity index (χ4n) is 4.33. The molecule has 2 aromatic rings. The highest BCUT2D eigenvalue weighted by Crippen LogP contribution is 2.40. The molecule has 0 heterocycles. The quantitative estimate of drug-likeness (QED) is 0.292. The van der Waals surface area contributed by atoms with Crippen molar-refractivity contribution in [3.63, 3.8) is 0 Å². The Morgan fingerprint density at radius 2 is 1.24 bits per heavy atom. The van der Waals surface area contributed by atoms with Crippen molar-refractivity contribution in [1.29, 1.82) is 0 Å². The van der Waals surface area contributed by atoms with Gasteiger partial charge >= 0.3 is 0 Å². The minimum atomic E-state index is 0.721. The van der Waals surface area contributed by atoms with Crippen LogP contribution in [0.4, 0.5) is 11.4 Å². The molecule has 0 unspecified atom stereocenters. The van der Waals surface area contributed by atoms with E-state index in [2.05, 4.69) is 67.0 Å². The van der Waals surface area contributed by atoms with Crippen molar-refractivity contribution in [2.45, 2.75) is 59.3 Å². The number of hydrogen-bond donors (Lipinski definition) is 0. The van der Waals surface area contributed by atoms with Crippen LogP contribution in [0.3, 0.4) is 0 Å². The predicted molar refractivity (Wildman–Crippen MR) is 130 cm³/mol. The molecule has 0 radical (unpaired) electrons. The summed E-state index contributed by atoms with van der Waals surface area (Å²) in [5, 5.41) is 0. The molecule has 0 N–H and O–H groups in total. The summed E-state index contributed by atoms with van der Waals surface area (Å²) in [5.74, 6) is 0.721. The van der Waals surface area contributed by atoms with E-state index >= 15 is 0 Å². The summed E-state index contributed by atoms with van der Waals surface area (Å²) in [7, 11) is 0. The van der Waals surface area contributed by atoms with Crippen molar-refractivity contribution in [2.75, 3.05) is 41.9 Å². The molecule has 1 aliphatic carbocycles. The minimum Gasteiger partial charge on any atom is -0.372 e. The maximum atomic E-state index is 5.94. The van der Waals surface area contributed by atoms with Gasteiger partial charge in [-0.1, -0.05) is 38.8 Å². The Morgan fingerprint density at radius 3 is 1.72 bits per heavy atom. The third-order valence-electron chi connectivity index (χ3n) is 6.09. The summed E-state index contributed by atoms with van der Waals surface area (Å²) >= 11 is 5.94. The first-order valence-electron chi connectivity index (χ1n) is 11.5. The lowest BCUT2D eigenvalue weighted by molar-refractivity contribution is 0.678. The standard InChI is InChI=1S/C26H37ClN2/c1-4-7-15-29(16-8-5-2)24-13-11-22-18-21-10-12-23(19-25(21)26(22)20-24)28(6-3)17-9-14-27/h10-13,19-20H,4-9,14-18H2,1-3H3. The molecule has 3 rings (SSSR count). The van der Waals surface area contributed by atoms with Gasteiger partial charge in [0.1, 0.15) is 0 Å². The number of fused-ring (bicyclic) bond motifs is 3. The van der Waals surface area contributed by atoms with Crippen LogP contribution in [0.25, 0.3) is 11.1 Å². The van der Waals surface area contributed by atoms with Gasteiger partial charge in [-0.15, -0.1) is 11.6 Å². The summed E-state index contributed by atoms with van der Waals surface area (Å²) in [6.07, 6.45) is 7.09. The van der Waals surface area contributed by atoms with E-state index in [0.717, 1.165) is 44.9 Å². The molecule has 0 aliphatic heterocycles. The second-order valence-corrected chi connectivity index (χ2v) is 8.55. The Kier molecular flexibility index (Phi) is 8.29. The zero-order valence-corrected chi connectivity index (χ0v) is 19.3. The molecule has 0 saturated heterocycles. The van der Waals surface area contributed by atoms with Crippen molar-refractivity contribution in [1.82, 2.24) is 0 Å². The first kappa shape index (κ1) is 22.0. The third kappa shape index (κ3) is 5.28. The maximum absolute atomic E-state index is 5.94. The van der Waals surface area contributed by atoms with Gasteiger partial charge in [0.05, 0.1) is 0 Å². The molecule has 3 heteroatoms. The monoisotopic (exact) mass is 412 g/mol. The van der Waals surface area contributed by atoms with Crippen molar-refractivity contribution in [3.8, 4) is 11.1 Å². The summed E-state index contributed by atoms with van der Waals surface area (Å²) in [6.45, 7) is 11.1. The Bertz CT molecular complexity index is 778. The number of nitrogens with zero attached hydrogens (tertiary/aromatic N) is 2. The van der Waals surface area contributed by atoms with Crippen LogP contribution in [0.2, 0.25) is 0 Å². The van der Waals surface area contributed by atoms with Crippen molar-refractivity contribution < 1.29 is 0 Å². The summed E-state index contributed by atoms with van der Waals surface area (Å²) in [6, 6.07) is 14.2. The third-order valence-corrected chi connectivity index (χ3v) is 6.36. The molecule has 158 valence electrons. The van der Waals surface area contributed by atoms with Crippen LogP contribution in [0, 0.1) is 0 Å². The van der Waals surface area contributed by atoms with Gasteiger partial charge in [0.2, 0.25) is 0 Å². The highest BCUT2D eigenvalue weighted by molar-refractivity contribution is 6.17. The van der Waals surface area contributed by atoms with Gasteiger partial charge < -0.3 is 9.80 Å². The molecular weight excluding hydrogens is 376 g/mol. The predicted octanol–water partition coefficient (Wildman–Crippen LogP) is 7.12. The fraction of sp³-hybridized carbons (Fsp3) is 0.538. The van der Waals surface area contributed by atoms with Gasteiger partial charge in [0.25, 0.3) is 0 Å². The molecular formula is C26H37ClN2. The van der Waals surface area contributed by atoms with Gasteiger partial charge in [-0.3, -0.25) is 0 Å². The second-order valence-electron chi connectivity index (χ2n) is 8.18. The van der Waals surface area contributed by atoms with Gasteiger partial charge in [-0.2, -0.15) is 0 Å². The SMILES string of the molecule is CCCCN(CCCC)c1ccc2c(c1)-c1cc(N(CC)CCCCl)ccc1C2. The van der Waals surface area contributed by atoms with Crippen LogP contribution in [0.15, 0.2) is 36.4 Å². The molecule has 0 bridgehead atoms. The molecule has 0 fully saturated rings. The Labute approximate surface area is 182 Å². The number of benzene rings is 2. The van der Waals surface area contributed by atoms with E-state index < -0.39 is 0 Å². The largest absolute Gasteiger partial charge is 0.372 e. The molecule has 2 nitrogen and oxygen atoms in total. The van der Waals surface area contributed by atoms with Crippen LogP contribution in [0.1, 0.15) is 64.0 Å². The Morgan fingerprint density at radius 1 is 0.724 bits per heavy atom. The first-order chi connectivity index (χ1) is 14.2. The van der Waals surface area contributed by atoms with Gasteiger partial charge in [-0.05, 0) is 79.1 Å². The van der Waals surface area contributed by atoms with E-state index in [1.54, 1.807) is 0 Å². The molecule has 2 aromatic carbocycles. The zero-order valence-electron chi connectivity index (χ0n) is 18.5. The van der Waals surface area contributed by atoms with Crippen LogP contribution in [0.5, 0.6) is 0 Å². The van der Waals surface area contributed by atoms with Crippen LogP contribution in [-0.2, 0) is 6.42 Å². The first-order valence-corrected chi connectivity index (χ1v) is 12.1. The lowest BCUT2D eigenvalue weighted by Gasteiger charge is -2.26. The maximum Gasteiger partial charge on any atom is 0.0372 e. The lowest BCUT2D eigenvalue weighted by Crippen LogP contribution is -2.25. The number of unbranched alkanes of at least 4 members (excludes halogenated alkanes) is 2. The van der Waals surface area contributed by atoms with Gasteiger partial charge in [0.15, 0.2) is 0 Å². The normalized spacial score (nSPS) is 12.0. The number of rotatable bonds is 12. The minimum absolute atomic E-state index is 0.721. The van der Waals surface area contributed by atoms with Gasteiger partial charge in [0, 0.05) is 43.4 Å². The average Bonchev–Trinajstić information content (AvgIpc) is 3.12. The molecule has 0 amide bonds. The van der Waals surface area contributed by atoms with E-state index in [0.29, 0.717) is 0 Å². The number of alkyl halides is 1. The summed E-state index contributed by atoms with van der Waals surface area (Å²) in [4.78, 5) is 5.03. The van der Waals surface area contributed by atoms with Crippen LogP contribution < -0.4 is 9.80 Å². The molecule has 1 aliphatic rings. The smallest absolute Gasteiger partial charge is 0.0372 e. The number of hydrogen-bond acceptors (Lipinski definition) is 2. The van der Waals surface area contributed by atoms with E-state index in [-0.39, 0.29) is 0 Å². The van der Waals surface area contributed by atoms with E-state index in [1.165, 1.54) is 59.3 Å². The van der Waals surface area contributed by atoms with Crippen molar-refractivity contribution >= 4 is 23.0 Å². The van der Waals surface area contributed by atoms with E-state index in [4.69, 9.17) is 11.6 Å². The van der Waals surface area contributed by atoms with Crippen molar-refractivity contribution in [3.05, 3.63) is 47.5 Å². The Balaban J connectivity index is 1.89. The topological polar surface area (TPSA) is 6.48 Å². The van der Waals surface area contributed by atoms with Crippen molar-refractivity contribution in [2.24, 2.45) is 0 Å². The van der Waals surface area contributed by atoms with Crippen LogP contribution >= 0.6 is 11.6 Å². The zero-order chi connectivity index (χ0) is 20.6. The van der Waals surface area contributed by atoms with E-state index in [1.807, 2.05) is 0 Å².